The minimum absolute atomic E-state index is 0.0251. The van der Waals surface area contributed by atoms with Crippen LogP contribution in [0.5, 0.6) is 0 Å². The van der Waals surface area contributed by atoms with E-state index >= 15 is 0 Å². The largest absolute Gasteiger partial charge is 0.342 e. The minimum atomic E-state index is -0.0774. The molecule has 2 heterocycles. The van der Waals surface area contributed by atoms with Crippen molar-refractivity contribution >= 4 is 27.5 Å². The van der Waals surface area contributed by atoms with E-state index < -0.39 is 0 Å². The van der Waals surface area contributed by atoms with Gasteiger partial charge in [-0.3, -0.25) is 14.2 Å². The Morgan fingerprint density at radius 3 is 2.69 bits per heavy atom. The molecule has 1 aliphatic carbocycles. The zero-order chi connectivity index (χ0) is 20.5. The number of aromatic nitrogens is 2. The average Bonchev–Trinajstić information content (AvgIpc) is 3.09. The van der Waals surface area contributed by atoms with Gasteiger partial charge in [0.05, 0.1) is 5.39 Å². The van der Waals surface area contributed by atoms with E-state index in [4.69, 9.17) is 4.98 Å². The van der Waals surface area contributed by atoms with Gasteiger partial charge in [0.1, 0.15) is 17.2 Å². The fourth-order valence-corrected chi connectivity index (χ4v) is 5.45. The van der Waals surface area contributed by atoms with E-state index in [1.807, 2.05) is 45.0 Å². The Morgan fingerprint density at radius 2 is 1.97 bits per heavy atom. The molecule has 1 aromatic carbocycles. The number of amides is 1. The lowest BCUT2D eigenvalue weighted by molar-refractivity contribution is -0.131. The first-order valence-corrected chi connectivity index (χ1v) is 11.2. The van der Waals surface area contributed by atoms with Gasteiger partial charge in [0.25, 0.3) is 5.56 Å². The van der Waals surface area contributed by atoms with E-state index in [0.717, 1.165) is 46.2 Å². The molecule has 2 aromatic heterocycles. The standard InChI is InChI=1S/C23H27N3O2S/c1-4-25(5-2)19(27)14-26-21(16-10-8-9-15(3)13-16)24-22-20(23(26)28)17-11-6-7-12-18(17)29-22/h8-10,13H,4-7,11-12,14H2,1-3H3. The van der Waals surface area contributed by atoms with Crippen molar-refractivity contribution in [1.82, 2.24) is 14.5 Å². The monoisotopic (exact) mass is 409 g/mol. The Kier molecular flexibility index (Phi) is 5.54. The number of hydrogen-bond donors (Lipinski definition) is 0. The number of carbonyl (C=O) groups is 1. The second-order valence-corrected chi connectivity index (χ2v) is 8.74. The fraction of sp³-hybridized carbons (Fsp3) is 0.435. The lowest BCUT2D eigenvalue weighted by Crippen LogP contribution is -2.37. The van der Waals surface area contributed by atoms with Crippen LogP contribution < -0.4 is 5.56 Å². The van der Waals surface area contributed by atoms with E-state index in [1.165, 1.54) is 11.3 Å². The molecule has 1 amide bonds. The van der Waals surface area contributed by atoms with Crippen LogP contribution in [0.2, 0.25) is 0 Å². The first-order chi connectivity index (χ1) is 14.0. The molecule has 1 aliphatic rings. The van der Waals surface area contributed by atoms with Gasteiger partial charge < -0.3 is 4.90 Å². The predicted molar refractivity (Wildman–Crippen MR) is 119 cm³/mol. The molecule has 0 saturated heterocycles. The Bertz CT molecular complexity index is 1130. The maximum Gasteiger partial charge on any atom is 0.263 e. The van der Waals surface area contributed by atoms with Crippen LogP contribution in [-0.4, -0.2) is 33.4 Å². The third kappa shape index (κ3) is 3.62. The zero-order valence-electron chi connectivity index (χ0n) is 17.3. The molecule has 0 unspecified atom stereocenters. The van der Waals surface area contributed by atoms with Crippen molar-refractivity contribution in [2.24, 2.45) is 0 Å². The van der Waals surface area contributed by atoms with Crippen LogP contribution in [0.25, 0.3) is 21.6 Å². The summed E-state index contributed by atoms with van der Waals surface area (Å²) in [4.78, 5) is 35.3. The van der Waals surface area contributed by atoms with Crippen molar-refractivity contribution in [1.29, 1.82) is 0 Å². The molecular formula is C23H27N3O2S. The van der Waals surface area contributed by atoms with Crippen LogP contribution in [0, 0.1) is 6.92 Å². The van der Waals surface area contributed by atoms with Gasteiger partial charge >= 0.3 is 0 Å². The molecule has 0 radical (unpaired) electrons. The summed E-state index contributed by atoms with van der Waals surface area (Å²) in [5, 5.41) is 0.730. The molecule has 0 aliphatic heterocycles. The van der Waals surface area contributed by atoms with Crippen molar-refractivity contribution in [3.8, 4) is 11.4 Å². The number of carbonyl (C=O) groups excluding carboxylic acids is 1. The number of rotatable bonds is 5. The Morgan fingerprint density at radius 1 is 1.21 bits per heavy atom. The normalized spacial score (nSPS) is 13.5. The Hall–Kier alpha value is -2.47. The minimum Gasteiger partial charge on any atom is -0.342 e. The van der Waals surface area contributed by atoms with Gasteiger partial charge in [-0.05, 0) is 58.1 Å². The highest BCUT2D eigenvalue weighted by Gasteiger charge is 2.24. The summed E-state index contributed by atoms with van der Waals surface area (Å²) < 4.78 is 1.60. The average molecular weight is 410 g/mol. The summed E-state index contributed by atoms with van der Waals surface area (Å²) >= 11 is 1.65. The number of benzene rings is 1. The molecule has 152 valence electrons. The molecule has 0 fully saturated rings. The van der Waals surface area contributed by atoms with Gasteiger partial charge in [-0.15, -0.1) is 11.3 Å². The summed E-state index contributed by atoms with van der Waals surface area (Å²) in [5.74, 6) is 0.543. The van der Waals surface area contributed by atoms with E-state index in [1.54, 1.807) is 20.8 Å². The summed E-state index contributed by atoms with van der Waals surface area (Å²) in [6, 6.07) is 7.98. The third-order valence-electron chi connectivity index (χ3n) is 5.76. The summed E-state index contributed by atoms with van der Waals surface area (Å²) in [7, 11) is 0. The number of thiophene rings is 1. The van der Waals surface area contributed by atoms with Gasteiger partial charge in [-0.25, -0.2) is 4.98 Å². The molecule has 0 N–H and O–H groups in total. The van der Waals surface area contributed by atoms with Gasteiger partial charge in [0.2, 0.25) is 5.91 Å². The maximum absolute atomic E-state index is 13.6. The molecule has 5 nitrogen and oxygen atoms in total. The molecule has 0 bridgehead atoms. The highest BCUT2D eigenvalue weighted by atomic mass is 32.1. The molecule has 29 heavy (non-hydrogen) atoms. The van der Waals surface area contributed by atoms with Crippen LogP contribution in [-0.2, 0) is 24.2 Å². The van der Waals surface area contributed by atoms with Crippen molar-refractivity contribution in [2.75, 3.05) is 13.1 Å². The van der Waals surface area contributed by atoms with Crippen molar-refractivity contribution in [3.05, 3.63) is 50.6 Å². The van der Waals surface area contributed by atoms with Crippen molar-refractivity contribution in [3.63, 3.8) is 0 Å². The fourth-order valence-electron chi connectivity index (χ4n) is 4.20. The van der Waals surface area contributed by atoms with E-state index in [2.05, 4.69) is 0 Å². The van der Waals surface area contributed by atoms with Gasteiger partial charge in [0.15, 0.2) is 0 Å². The lowest BCUT2D eigenvalue weighted by atomic mass is 9.97. The number of nitrogens with zero attached hydrogens (tertiary/aromatic N) is 3. The summed E-state index contributed by atoms with van der Waals surface area (Å²) in [6.45, 7) is 7.23. The molecule has 0 spiro atoms. The van der Waals surface area contributed by atoms with E-state index in [-0.39, 0.29) is 18.0 Å². The van der Waals surface area contributed by atoms with Gasteiger partial charge in [0, 0.05) is 23.5 Å². The number of likely N-dealkylation sites (N-methyl/N-ethyl adjacent to an activating group) is 1. The second kappa shape index (κ2) is 8.11. The van der Waals surface area contributed by atoms with Gasteiger partial charge in [-0.1, -0.05) is 23.8 Å². The molecule has 3 aromatic rings. The van der Waals surface area contributed by atoms with Crippen LogP contribution in [0.4, 0.5) is 0 Å². The first-order valence-electron chi connectivity index (χ1n) is 10.4. The summed E-state index contributed by atoms with van der Waals surface area (Å²) in [6.07, 6.45) is 4.23. The number of aryl methyl sites for hydroxylation is 3. The Balaban J connectivity index is 1.94. The number of hydrogen-bond acceptors (Lipinski definition) is 4. The third-order valence-corrected chi connectivity index (χ3v) is 6.95. The van der Waals surface area contributed by atoms with Crippen LogP contribution >= 0.6 is 11.3 Å². The van der Waals surface area contributed by atoms with Gasteiger partial charge in [-0.2, -0.15) is 0 Å². The highest BCUT2D eigenvalue weighted by molar-refractivity contribution is 7.18. The number of fused-ring (bicyclic) bond motifs is 3. The second-order valence-electron chi connectivity index (χ2n) is 7.65. The first kappa shape index (κ1) is 19.8. The van der Waals surface area contributed by atoms with Crippen molar-refractivity contribution in [2.45, 2.75) is 53.0 Å². The van der Waals surface area contributed by atoms with Crippen LogP contribution in [0.1, 0.15) is 42.7 Å². The van der Waals surface area contributed by atoms with E-state index in [0.29, 0.717) is 18.9 Å². The quantitative estimate of drug-likeness (QED) is 0.635. The van der Waals surface area contributed by atoms with Crippen LogP contribution in [0.3, 0.4) is 0 Å². The molecule has 0 saturated carbocycles. The molecular weight excluding hydrogens is 382 g/mol. The van der Waals surface area contributed by atoms with E-state index in [9.17, 15) is 9.59 Å². The van der Waals surface area contributed by atoms with Crippen LogP contribution in [0.15, 0.2) is 29.1 Å². The molecule has 4 rings (SSSR count). The van der Waals surface area contributed by atoms with Crippen molar-refractivity contribution < 1.29 is 4.79 Å². The maximum atomic E-state index is 13.6. The molecule has 0 atom stereocenters. The molecule has 6 heteroatoms. The zero-order valence-corrected chi connectivity index (χ0v) is 18.1. The highest BCUT2D eigenvalue weighted by Crippen LogP contribution is 2.34. The topological polar surface area (TPSA) is 55.2 Å². The Labute approximate surface area is 175 Å². The predicted octanol–water partition coefficient (Wildman–Crippen LogP) is 4.18. The summed E-state index contributed by atoms with van der Waals surface area (Å²) in [5.41, 5.74) is 3.06. The lowest BCUT2D eigenvalue weighted by Gasteiger charge is -2.20. The SMILES string of the molecule is CCN(CC)C(=O)Cn1c(-c2cccc(C)c2)nc2sc3c(c2c1=O)CCCC3. The smallest absolute Gasteiger partial charge is 0.263 e.